The quantitative estimate of drug-likeness (QED) is 0.891. The molecule has 0 unspecified atom stereocenters. The maximum atomic E-state index is 11.0. The van der Waals surface area contributed by atoms with Gasteiger partial charge in [-0.05, 0) is 55.0 Å². The molecule has 0 radical (unpaired) electrons. The first-order valence-corrected chi connectivity index (χ1v) is 7.95. The maximum Gasteiger partial charge on any atom is 0.237 e. The van der Waals surface area contributed by atoms with Crippen LogP contribution in [-0.2, 0) is 11.3 Å². The number of amides is 1. The van der Waals surface area contributed by atoms with Gasteiger partial charge in [0.2, 0.25) is 5.91 Å². The Morgan fingerprint density at radius 1 is 1.22 bits per heavy atom. The van der Waals surface area contributed by atoms with Gasteiger partial charge in [0.15, 0.2) is 11.5 Å². The number of hydrogen-bond acceptors (Lipinski definition) is 3. The van der Waals surface area contributed by atoms with Gasteiger partial charge in [-0.25, -0.2) is 0 Å². The standard InChI is InChI=1S/C18H22N2O3/c1-22-16-7-6-13(10-17(16)23-15-4-2-3-5-15)14-8-9-20(11-14)12-18(19)21/h6-11,15H,2-5,12H2,1H3,(H2,19,21). The first-order valence-electron chi connectivity index (χ1n) is 7.95. The van der Waals surface area contributed by atoms with Crippen molar-refractivity contribution in [2.45, 2.75) is 38.3 Å². The smallest absolute Gasteiger partial charge is 0.237 e. The Bertz CT molecular complexity index is 687. The molecule has 1 saturated carbocycles. The second-order valence-corrected chi connectivity index (χ2v) is 5.93. The van der Waals surface area contributed by atoms with Gasteiger partial charge in [0, 0.05) is 12.4 Å². The zero-order valence-electron chi connectivity index (χ0n) is 13.3. The highest BCUT2D eigenvalue weighted by atomic mass is 16.5. The number of benzene rings is 1. The number of aromatic nitrogens is 1. The van der Waals surface area contributed by atoms with Crippen molar-refractivity contribution < 1.29 is 14.3 Å². The summed E-state index contributed by atoms with van der Waals surface area (Å²) in [6.07, 6.45) is 8.68. The minimum atomic E-state index is -0.355. The first kappa shape index (κ1) is 15.5. The predicted molar refractivity (Wildman–Crippen MR) is 88.5 cm³/mol. The van der Waals surface area contributed by atoms with Crippen LogP contribution in [0, 0.1) is 0 Å². The first-order chi connectivity index (χ1) is 11.2. The van der Waals surface area contributed by atoms with Crippen molar-refractivity contribution in [1.29, 1.82) is 0 Å². The minimum Gasteiger partial charge on any atom is -0.493 e. The number of nitrogens with zero attached hydrogens (tertiary/aromatic N) is 1. The van der Waals surface area contributed by atoms with Crippen LogP contribution in [0.3, 0.4) is 0 Å². The van der Waals surface area contributed by atoms with E-state index in [1.54, 1.807) is 11.7 Å². The van der Waals surface area contributed by atoms with Crippen molar-refractivity contribution in [3.05, 3.63) is 36.7 Å². The van der Waals surface area contributed by atoms with Crippen LogP contribution in [0.5, 0.6) is 11.5 Å². The van der Waals surface area contributed by atoms with E-state index in [0.29, 0.717) is 0 Å². The number of ether oxygens (including phenoxy) is 2. The number of carbonyl (C=O) groups is 1. The Morgan fingerprint density at radius 2 is 2.00 bits per heavy atom. The maximum absolute atomic E-state index is 11.0. The zero-order chi connectivity index (χ0) is 16.2. The molecule has 0 spiro atoms. The average Bonchev–Trinajstić information content (AvgIpc) is 3.18. The van der Waals surface area contributed by atoms with Gasteiger partial charge in [-0.3, -0.25) is 4.79 Å². The highest BCUT2D eigenvalue weighted by Gasteiger charge is 2.19. The number of methoxy groups -OCH3 is 1. The van der Waals surface area contributed by atoms with Crippen LogP contribution in [0.15, 0.2) is 36.7 Å². The highest BCUT2D eigenvalue weighted by Crippen LogP contribution is 2.35. The number of hydrogen-bond donors (Lipinski definition) is 1. The average molecular weight is 314 g/mol. The summed E-state index contributed by atoms with van der Waals surface area (Å²) in [6.45, 7) is 0.182. The zero-order valence-corrected chi connectivity index (χ0v) is 13.3. The van der Waals surface area contributed by atoms with Gasteiger partial charge in [-0.2, -0.15) is 0 Å². The van der Waals surface area contributed by atoms with Crippen LogP contribution < -0.4 is 15.2 Å². The van der Waals surface area contributed by atoms with E-state index in [0.717, 1.165) is 35.5 Å². The van der Waals surface area contributed by atoms with Crippen LogP contribution >= 0.6 is 0 Å². The molecule has 5 nitrogen and oxygen atoms in total. The molecule has 0 saturated heterocycles. The van der Waals surface area contributed by atoms with Gasteiger partial charge < -0.3 is 19.8 Å². The molecule has 3 rings (SSSR count). The van der Waals surface area contributed by atoms with E-state index in [9.17, 15) is 4.79 Å². The van der Waals surface area contributed by atoms with Crippen molar-refractivity contribution >= 4 is 5.91 Å². The molecular formula is C18H22N2O3. The highest BCUT2D eigenvalue weighted by molar-refractivity contribution is 5.74. The molecule has 5 heteroatoms. The minimum absolute atomic E-state index is 0.182. The second kappa shape index (κ2) is 6.77. The fourth-order valence-electron chi connectivity index (χ4n) is 3.02. The second-order valence-electron chi connectivity index (χ2n) is 5.93. The summed E-state index contributed by atoms with van der Waals surface area (Å²) in [4.78, 5) is 11.0. The molecule has 122 valence electrons. The number of rotatable bonds is 6. The van der Waals surface area contributed by atoms with Crippen molar-refractivity contribution in [3.63, 3.8) is 0 Å². The monoisotopic (exact) mass is 314 g/mol. The van der Waals surface area contributed by atoms with Crippen molar-refractivity contribution in [3.8, 4) is 22.6 Å². The van der Waals surface area contributed by atoms with E-state index >= 15 is 0 Å². The Kier molecular flexibility index (Phi) is 4.55. The van der Waals surface area contributed by atoms with Crippen LogP contribution in [0.25, 0.3) is 11.1 Å². The lowest BCUT2D eigenvalue weighted by Crippen LogP contribution is -2.17. The molecule has 1 fully saturated rings. The van der Waals surface area contributed by atoms with Crippen molar-refractivity contribution in [1.82, 2.24) is 4.57 Å². The molecule has 1 aromatic carbocycles. The third-order valence-electron chi connectivity index (χ3n) is 4.18. The Hall–Kier alpha value is -2.43. The normalized spacial score (nSPS) is 14.8. The molecule has 1 heterocycles. The van der Waals surface area contributed by atoms with E-state index in [4.69, 9.17) is 15.2 Å². The van der Waals surface area contributed by atoms with Crippen LogP contribution in [-0.4, -0.2) is 23.7 Å². The Labute approximate surface area is 136 Å². The van der Waals surface area contributed by atoms with Gasteiger partial charge in [0.1, 0.15) is 6.54 Å². The van der Waals surface area contributed by atoms with E-state index in [2.05, 4.69) is 0 Å². The molecule has 23 heavy (non-hydrogen) atoms. The Balaban J connectivity index is 1.84. The summed E-state index contributed by atoms with van der Waals surface area (Å²) in [7, 11) is 1.65. The van der Waals surface area contributed by atoms with Crippen molar-refractivity contribution in [2.24, 2.45) is 5.73 Å². The fourth-order valence-corrected chi connectivity index (χ4v) is 3.02. The lowest BCUT2D eigenvalue weighted by Gasteiger charge is -2.16. The van der Waals surface area contributed by atoms with E-state index in [1.165, 1.54) is 12.8 Å². The van der Waals surface area contributed by atoms with E-state index in [-0.39, 0.29) is 18.6 Å². The largest absolute Gasteiger partial charge is 0.493 e. The lowest BCUT2D eigenvalue weighted by molar-refractivity contribution is -0.118. The SMILES string of the molecule is COc1ccc(-c2ccn(CC(N)=O)c2)cc1OC1CCCC1. The topological polar surface area (TPSA) is 66.5 Å². The Morgan fingerprint density at radius 3 is 2.70 bits per heavy atom. The van der Waals surface area contributed by atoms with Crippen LogP contribution in [0.2, 0.25) is 0 Å². The molecule has 0 aliphatic heterocycles. The fraction of sp³-hybridized carbons (Fsp3) is 0.389. The molecule has 1 amide bonds. The lowest BCUT2D eigenvalue weighted by atomic mass is 10.1. The summed E-state index contributed by atoms with van der Waals surface area (Å²) < 4.78 is 13.3. The molecule has 0 bridgehead atoms. The van der Waals surface area contributed by atoms with E-state index in [1.807, 2.05) is 36.7 Å². The molecule has 2 aromatic rings. The van der Waals surface area contributed by atoms with Gasteiger partial charge in [-0.15, -0.1) is 0 Å². The summed E-state index contributed by atoms with van der Waals surface area (Å²) in [5, 5.41) is 0. The number of nitrogens with two attached hydrogens (primary N) is 1. The molecule has 1 aliphatic rings. The van der Waals surface area contributed by atoms with Gasteiger partial charge in [0.25, 0.3) is 0 Å². The third kappa shape index (κ3) is 3.67. The third-order valence-corrected chi connectivity index (χ3v) is 4.18. The summed E-state index contributed by atoms with van der Waals surface area (Å²) in [6, 6.07) is 7.88. The van der Waals surface area contributed by atoms with Crippen LogP contribution in [0.4, 0.5) is 0 Å². The molecule has 1 aliphatic carbocycles. The molecule has 2 N–H and O–H groups in total. The van der Waals surface area contributed by atoms with E-state index < -0.39 is 0 Å². The molecule has 0 atom stereocenters. The number of carbonyl (C=O) groups excluding carboxylic acids is 1. The predicted octanol–water partition coefficient (Wildman–Crippen LogP) is 2.97. The molecule has 1 aromatic heterocycles. The summed E-state index contributed by atoms with van der Waals surface area (Å²) in [5.41, 5.74) is 7.28. The van der Waals surface area contributed by atoms with Gasteiger partial charge >= 0.3 is 0 Å². The summed E-state index contributed by atoms with van der Waals surface area (Å²) >= 11 is 0. The van der Waals surface area contributed by atoms with Gasteiger partial charge in [0.05, 0.1) is 13.2 Å². The van der Waals surface area contributed by atoms with Crippen LogP contribution in [0.1, 0.15) is 25.7 Å². The number of primary amides is 1. The summed E-state index contributed by atoms with van der Waals surface area (Å²) in [5.74, 6) is 1.17. The van der Waals surface area contributed by atoms with Crippen molar-refractivity contribution in [2.75, 3.05) is 7.11 Å². The molecular weight excluding hydrogens is 292 g/mol. The van der Waals surface area contributed by atoms with Gasteiger partial charge in [-0.1, -0.05) is 6.07 Å².